The Morgan fingerprint density at radius 2 is 1.42 bits per heavy atom. The van der Waals surface area contributed by atoms with Crippen LogP contribution >= 0.6 is 0 Å². The van der Waals surface area contributed by atoms with Crippen LogP contribution in [0.4, 0.5) is 16.4 Å². The summed E-state index contributed by atoms with van der Waals surface area (Å²) in [5.41, 5.74) is 6.56. The molecule has 57 heavy (non-hydrogen) atoms. The third kappa shape index (κ3) is 9.83. The average molecular weight is 763 g/mol. The van der Waals surface area contributed by atoms with Gasteiger partial charge in [-0.15, -0.1) is 0 Å². The zero-order valence-corrected chi connectivity index (χ0v) is 31.6. The lowest BCUT2D eigenvalue weighted by Gasteiger charge is -2.40. The lowest BCUT2D eigenvalue weighted by Crippen LogP contribution is -2.50. The highest BCUT2D eigenvalue weighted by atomic mass is 16.7. The van der Waals surface area contributed by atoms with Crippen molar-refractivity contribution in [2.75, 3.05) is 42.9 Å². The Morgan fingerprint density at radius 3 is 2.16 bits per heavy atom. The van der Waals surface area contributed by atoms with Crippen molar-refractivity contribution in [2.45, 2.75) is 38.1 Å². The van der Waals surface area contributed by atoms with Gasteiger partial charge >= 0.3 is 6.03 Å². The maximum atomic E-state index is 12.9. The molecule has 8 rings (SSSR count). The fourth-order valence-corrected chi connectivity index (χ4v) is 7.26. The molecular weight excluding hydrogens is 717 g/mol. The van der Waals surface area contributed by atoms with E-state index in [0.29, 0.717) is 18.0 Å². The lowest BCUT2D eigenvalue weighted by molar-refractivity contribution is -0.253. The molecule has 0 spiro atoms. The molecule has 5 aromatic carbocycles. The summed E-state index contributed by atoms with van der Waals surface area (Å²) >= 11 is 0. The number of piperazine rings is 1. The number of carbonyl (C=O) groups is 1. The van der Waals surface area contributed by atoms with Gasteiger partial charge < -0.3 is 34.9 Å². The second-order valence-electron chi connectivity index (χ2n) is 14.2. The second-order valence-corrected chi connectivity index (χ2v) is 14.2. The van der Waals surface area contributed by atoms with Crippen molar-refractivity contribution >= 4 is 17.7 Å². The van der Waals surface area contributed by atoms with Gasteiger partial charge in [0.25, 0.3) is 0 Å². The predicted octanol–water partition coefficient (Wildman–Crippen LogP) is 8.12. The average Bonchev–Trinajstić information content (AvgIpc) is 3.27. The van der Waals surface area contributed by atoms with Crippen LogP contribution in [0.5, 0.6) is 11.5 Å². The van der Waals surface area contributed by atoms with E-state index in [1.165, 1.54) is 0 Å². The first-order valence-electron chi connectivity index (χ1n) is 19.4. The summed E-state index contributed by atoms with van der Waals surface area (Å²) in [5.74, 6) is 2.21. The topological polar surface area (TPSA) is 121 Å². The number of para-hydroxylation sites is 1. The zero-order chi connectivity index (χ0) is 38.8. The molecule has 3 atom stereocenters. The summed E-state index contributed by atoms with van der Waals surface area (Å²) in [6, 6.07) is 42.7. The van der Waals surface area contributed by atoms with Crippen molar-refractivity contribution in [1.29, 1.82) is 0 Å². The molecule has 6 aromatic rings. The predicted molar refractivity (Wildman–Crippen MR) is 220 cm³/mol. The number of ether oxygens (including phenoxy) is 3. The Bertz CT molecular complexity index is 2180. The van der Waals surface area contributed by atoms with Crippen LogP contribution in [-0.4, -0.2) is 64.8 Å². The summed E-state index contributed by atoms with van der Waals surface area (Å²) in [5, 5.41) is 15.5. The Kier molecular flexibility index (Phi) is 12.1. The highest BCUT2D eigenvalue weighted by Gasteiger charge is 2.34. The molecule has 3 heterocycles. The molecule has 11 heteroatoms. The minimum absolute atomic E-state index is 0.000611. The van der Waals surface area contributed by atoms with Crippen LogP contribution in [0.25, 0.3) is 11.1 Å². The molecule has 2 fully saturated rings. The zero-order valence-electron chi connectivity index (χ0n) is 31.6. The number of aliphatic hydroxyl groups excluding tert-OH is 1. The highest BCUT2D eigenvalue weighted by molar-refractivity contribution is 5.89. The van der Waals surface area contributed by atoms with Crippen LogP contribution in [0, 0.1) is 0 Å². The van der Waals surface area contributed by atoms with Crippen molar-refractivity contribution in [2.24, 2.45) is 0 Å². The van der Waals surface area contributed by atoms with E-state index in [4.69, 9.17) is 14.2 Å². The van der Waals surface area contributed by atoms with E-state index in [1.54, 1.807) is 12.4 Å². The van der Waals surface area contributed by atoms with Gasteiger partial charge in [-0.3, -0.25) is 4.90 Å². The lowest BCUT2D eigenvalue weighted by atomic mass is 9.97. The molecule has 1 aromatic heterocycles. The number of amides is 2. The Hall–Kier alpha value is -6.11. The van der Waals surface area contributed by atoms with Crippen LogP contribution in [0.3, 0.4) is 0 Å². The first-order valence-corrected chi connectivity index (χ1v) is 19.4. The SMILES string of the molecule is O=C(NCc1ccccc1-c1ccc(C2OC(CN3CCN(c4ncccn4)CC3)CC(c3ccc(CO)cc3)O2)cc1)Nc1ccc(Oc2ccccc2)cc1. The fourth-order valence-electron chi connectivity index (χ4n) is 7.26. The van der Waals surface area contributed by atoms with Gasteiger partial charge in [-0.25, -0.2) is 14.8 Å². The molecule has 290 valence electrons. The molecule has 2 amide bonds. The number of hydrogen-bond acceptors (Lipinski definition) is 9. The molecule has 0 bridgehead atoms. The number of benzene rings is 5. The summed E-state index contributed by atoms with van der Waals surface area (Å²) < 4.78 is 19.2. The molecule has 0 saturated carbocycles. The fraction of sp³-hybridized carbons (Fsp3) is 0.239. The van der Waals surface area contributed by atoms with Gasteiger partial charge in [0.1, 0.15) is 11.5 Å². The summed E-state index contributed by atoms with van der Waals surface area (Å²) in [6.07, 6.45) is 3.51. The Morgan fingerprint density at radius 1 is 0.737 bits per heavy atom. The maximum Gasteiger partial charge on any atom is 0.319 e. The molecule has 0 radical (unpaired) electrons. The number of aliphatic hydroxyl groups is 1. The van der Waals surface area contributed by atoms with E-state index in [9.17, 15) is 9.90 Å². The number of anilines is 2. The number of carbonyl (C=O) groups excluding carboxylic acids is 1. The van der Waals surface area contributed by atoms with Crippen molar-refractivity contribution < 1.29 is 24.1 Å². The molecular formula is C46H46N6O5. The summed E-state index contributed by atoms with van der Waals surface area (Å²) in [4.78, 5) is 26.5. The monoisotopic (exact) mass is 762 g/mol. The standard InChI is InChI=1S/C46H46N6O5/c53-32-33-11-13-35(14-12-33)43-29-41(31-51-25-27-52(28-26-51)45-47-23-6-24-48-45)56-44(57-43)36-17-15-34(16-18-36)42-10-5-4-7-37(42)30-49-46(54)50-38-19-21-40(22-20-38)55-39-8-2-1-3-9-39/h1-24,41,43-44,53H,25-32H2,(H2,49,50,54). The summed E-state index contributed by atoms with van der Waals surface area (Å²) in [7, 11) is 0. The molecule has 3 unspecified atom stereocenters. The quantitative estimate of drug-likeness (QED) is 0.114. The number of aromatic nitrogens is 2. The van der Waals surface area contributed by atoms with Gasteiger partial charge in [0.2, 0.25) is 5.95 Å². The van der Waals surface area contributed by atoms with Crippen LogP contribution in [-0.2, 0) is 22.6 Å². The maximum absolute atomic E-state index is 12.9. The first kappa shape index (κ1) is 37.8. The number of rotatable bonds is 12. The van der Waals surface area contributed by atoms with Crippen LogP contribution < -0.4 is 20.3 Å². The van der Waals surface area contributed by atoms with E-state index in [1.807, 2.05) is 103 Å². The molecule has 2 saturated heterocycles. The van der Waals surface area contributed by atoms with Crippen LogP contribution in [0.1, 0.15) is 41.1 Å². The third-order valence-electron chi connectivity index (χ3n) is 10.3. The second kappa shape index (κ2) is 18.2. The first-order chi connectivity index (χ1) is 28.1. The molecule has 0 aliphatic carbocycles. The van der Waals surface area contributed by atoms with Gasteiger partial charge in [-0.2, -0.15) is 0 Å². The number of hydrogen-bond donors (Lipinski definition) is 3. The molecule has 11 nitrogen and oxygen atoms in total. The van der Waals surface area contributed by atoms with E-state index >= 15 is 0 Å². The Labute approximate surface area is 332 Å². The van der Waals surface area contributed by atoms with Gasteiger partial charge in [0.15, 0.2) is 6.29 Å². The van der Waals surface area contributed by atoms with Crippen molar-refractivity contribution in [3.8, 4) is 22.6 Å². The number of nitrogens with zero attached hydrogens (tertiary/aromatic N) is 4. The molecule has 2 aliphatic heterocycles. The van der Waals surface area contributed by atoms with Crippen molar-refractivity contribution in [1.82, 2.24) is 20.2 Å². The van der Waals surface area contributed by atoms with Gasteiger partial charge in [0.05, 0.1) is 18.8 Å². The minimum Gasteiger partial charge on any atom is -0.457 e. The highest BCUT2D eigenvalue weighted by Crippen LogP contribution is 2.39. The third-order valence-corrected chi connectivity index (χ3v) is 10.3. The van der Waals surface area contributed by atoms with Crippen LogP contribution in [0.15, 0.2) is 146 Å². The van der Waals surface area contributed by atoms with E-state index in [2.05, 4.69) is 60.7 Å². The normalized spacial score (nSPS) is 18.5. The smallest absolute Gasteiger partial charge is 0.319 e. The largest absolute Gasteiger partial charge is 0.457 e. The van der Waals surface area contributed by atoms with Crippen molar-refractivity contribution in [3.05, 3.63) is 168 Å². The van der Waals surface area contributed by atoms with Crippen LogP contribution in [0.2, 0.25) is 0 Å². The molecule has 2 aliphatic rings. The van der Waals surface area contributed by atoms with E-state index < -0.39 is 6.29 Å². The number of urea groups is 1. The van der Waals surface area contributed by atoms with Gasteiger partial charge in [0, 0.05) is 69.3 Å². The summed E-state index contributed by atoms with van der Waals surface area (Å²) in [6.45, 7) is 4.62. The number of nitrogens with one attached hydrogen (secondary N) is 2. The van der Waals surface area contributed by atoms with Gasteiger partial charge in [-0.1, -0.05) is 91.0 Å². The minimum atomic E-state index is -0.557. The van der Waals surface area contributed by atoms with Gasteiger partial charge in [-0.05, 0) is 70.3 Å². The van der Waals surface area contributed by atoms with E-state index in [-0.39, 0.29) is 24.8 Å². The molecule has 3 N–H and O–H groups in total. The van der Waals surface area contributed by atoms with Crippen molar-refractivity contribution in [3.63, 3.8) is 0 Å². The Balaban J connectivity index is 0.908. The van der Waals surface area contributed by atoms with E-state index in [0.717, 1.165) is 84.2 Å².